The summed E-state index contributed by atoms with van der Waals surface area (Å²) in [5.74, 6) is -0.118. The first-order chi connectivity index (χ1) is 15.3. The molecule has 0 unspecified atom stereocenters. The van der Waals surface area contributed by atoms with Gasteiger partial charge in [0.05, 0.1) is 28.5 Å². The molecule has 1 aliphatic rings. The van der Waals surface area contributed by atoms with Crippen LogP contribution in [0.1, 0.15) is 23.2 Å². The Morgan fingerprint density at radius 1 is 0.871 bits per heavy atom. The Hall–Kier alpha value is -3.57. The Morgan fingerprint density at radius 2 is 1.52 bits per heavy atom. The monoisotopic (exact) mass is 409 g/mol. The molecule has 1 fully saturated rings. The van der Waals surface area contributed by atoms with E-state index < -0.39 is 0 Å². The number of rotatable bonds is 5. The largest absolute Gasteiger partial charge is 0.376 e. The number of aromatic nitrogens is 2. The molecule has 5 rings (SSSR count). The summed E-state index contributed by atoms with van der Waals surface area (Å²) in [7, 11) is 0. The second-order valence-corrected chi connectivity index (χ2v) is 7.70. The predicted octanol–water partition coefficient (Wildman–Crippen LogP) is 4.87. The molecule has 0 saturated carbocycles. The van der Waals surface area contributed by atoms with Crippen molar-refractivity contribution in [3.63, 3.8) is 0 Å². The van der Waals surface area contributed by atoms with Gasteiger partial charge in [-0.15, -0.1) is 0 Å². The van der Waals surface area contributed by atoms with Crippen molar-refractivity contribution in [2.24, 2.45) is 0 Å². The van der Waals surface area contributed by atoms with Crippen molar-refractivity contribution in [2.75, 3.05) is 13.2 Å². The number of nitrogens with zero attached hydrogens (tertiary/aromatic N) is 2. The third-order valence-electron chi connectivity index (χ3n) is 5.54. The normalized spacial score (nSPS) is 15.8. The Labute approximate surface area is 181 Å². The minimum absolute atomic E-state index is 0.113. The topological polar surface area (TPSA) is 64.1 Å². The highest BCUT2D eigenvalue weighted by Crippen LogP contribution is 2.31. The molecule has 5 heteroatoms. The number of hydrogen-bond donors (Lipinski definition) is 1. The lowest BCUT2D eigenvalue weighted by molar-refractivity contribution is 0.0858. The van der Waals surface area contributed by atoms with Crippen LogP contribution in [-0.2, 0) is 4.74 Å². The second-order valence-electron chi connectivity index (χ2n) is 7.70. The van der Waals surface area contributed by atoms with Gasteiger partial charge in [0.2, 0.25) is 0 Å². The third kappa shape index (κ3) is 4.18. The average Bonchev–Trinajstić information content (AvgIpc) is 3.36. The van der Waals surface area contributed by atoms with E-state index in [1.165, 1.54) is 0 Å². The second kappa shape index (κ2) is 8.66. The molecular weight excluding hydrogens is 386 g/mol. The van der Waals surface area contributed by atoms with Gasteiger partial charge in [0.1, 0.15) is 0 Å². The molecule has 3 aromatic carbocycles. The van der Waals surface area contributed by atoms with Crippen LogP contribution in [0.15, 0.2) is 78.9 Å². The summed E-state index contributed by atoms with van der Waals surface area (Å²) in [6, 6.07) is 25.6. The molecule has 5 nitrogen and oxygen atoms in total. The fourth-order valence-corrected chi connectivity index (χ4v) is 3.90. The molecule has 31 heavy (non-hydrogen) atoms. The number of nitrogens with one attached hydrogen (secondary N) is 1. The number of amides is 1. The molecule has 154 valence electrons. The molecule has 1 atom stereocenters. The van der Waals surface area contributed by atoms with Gasteiger partial charge in [-0.05, 0) is 31.0 Å². The van der Waals surface area contributed by atoms with Crippen LogP contribution < -0.4 is 5.32 Å². The number of fused-ring (bicyclic) bond motifs is 1. The molecule has 0 aliphatic carbocycles. The summed E-state index contributed by atoms with van der Waals surface area (Å²) in [4.78, 5) is 22.5. The van der Waals surface area contributed by atoms with E-state index in [1.807, 2.05) is 72.8 Å². The number of hydrogen-bond acceptors (Lipinski definition) is 4. The molecule has 1 amide bonds. The molecule has 2 heterocycles. The maximum Gasteiger partial charge on any atom is 0.251 e. The summed E-state index contributed by atoms with van der Waals surface area (Å²) in [5.41, 5.74) is 5.66. The molecule has 1 aromatic heterocycles. The molecule has 4 aromatic rings. The van der Waals surface area contributed by atoms with Gasteiger partial charge >= 0.3 is 0 Å². The number of carbonyl (C=O) groups excluding carboxylic acids is 1. The molecule has 0 spiro atoms. The van der Waals surface area contributed by atoms with Crippen LogP contribution in [0, 0.1) is 0 Å². The highest BCUT2D eigenvalue weighted by molar-refractivity contribution is 5.98. The molecule has 1 saturated heterocycles. The van der Waals surface area contributed by atoms with E-state index in [-0.39, 0.29) is 12.0 Å². The minimum Gasteiger partial charge on any atom is -0.376 e. The van der Waals surface area contributed by atoms with E-state index >= 15 is 0 Å². The van der Waals surface area contributed by atoms with Gasteiger partial charge in [0.15, 0.2) is 0 Å². The van der Waals surface area contributed by atoms with Crippen molar-refractivity contribution in [3.05, 3.63) is 84.4 Å². The van der Waals surface area contributed by atoms with Crippen molar-refractivity contribution in [3.8, 4) is 22.5 Å². The van der Waals surface area contributed by atoms with E-state index in [2.05, 4.69) is 5.32 Å². The average molecular weight is 409 g/mol. The van der Waals surface area contributed by atoms with E-state index in [4.69, 9.17) is 14.7 Å². The molecule has 0 radical (unpaired) electrons. The van der Waals surface area contributed by atoms with Gasteiger partial charge in [-0.1, -0.05) is 60.7 Å². The van der Waals surface area contributed by atoms with Crippen molar-refractivity contribution in [1.29, 1.82) is 0 Å². The Morgan fingerprint density at radius 3 is 2.13 bits per heavy atom. The summed E-state index contributed by atoms with van der Waals surface area (Å²) >= 11 is 0. The van der Waals surface area contributed by atoms with Crippen molar-refractivity contribution < 1.29 is 9.53 Å². The SMILES string of the molecule is O=C(NC[C@H]1CCCO1)c1ccc2nc(-c3ccccc3)c(-c3ccccc3)nc2c1. The lowest BCUT2D eigenvalue weighted by atomic mass is 10.0. The van der Waals surface area contributed by atoms with Gasteiger partial charge in [-0.25, -0.2) is 9.97 Å². The van der Waals surface area contributed by atoms with Crippen molar-refractivity contribution in [2.45, 2.75) is 18.9 Å². The highest BCUT2D eigenvalue weighted by atomic mass is 16.5. The third-order valence-corrected chi connectivity index (χ3v) is 5.54. The maximum atomic E-state index is 12.7. The summed E-state index contributed by atoms with van der Waals surface area (Å²) in [6.45, 7) is 1.31. The van der Waals surface area contributed by atoms with Crippen LogP contribution >= 0.6 is 0 Å². The van der Waals surface area contributed by atoms with Gasteiger partial charge in [-0.3, -0.25) is 4.79 Å². The zero-order valence-corrected chi connectivity index (χ0v) is 17.1. The first-order valence-corrected chi connectivity index (χ1v) is 10.6. The smallest absolute Gasteiger partial charge is 0.251 e. The number of benzene rings is 3. The van der Waals surface area contributed by atoms with Crippen LogP contribution in [0.25, 0.3) is 33.5 Å². The fourth-order valence-electron chi connectivity index (χ4n) is 3.90. The molecule has 1 aliphatic heterocycles. The van der Waals surface area contributed by atoms with Gasteiger partial charge < -0.3 is 10.1 Å². The van der Waals surface area contributed by atoms with Gasteiger partial charge in [0.25, 0.3) is 5.91 Å². The summed E-state index contributed by atoms with van der Waals surface area (Å²) in [6.07, 6.45) is 2.16. The first-order valence-electron chi connectivity index (χ1n) is 10.6. The van der Waals surface area contributed by atoms with E-state index in [1.54, 1.807) is 6.07 Å². The van der Waals surface area contributed by atoms with E-state index in [0.717, 1.165) is 47.5 Å². The summed E-state index contributed by atoms with van der Waals surface area (Å²) in [5, 5.41) is 2.98. The van der Waals surface area contributed by atoms with Crippen molar-refractivity contribution in [1.82, 2.24) is 15.3 Å². The van der Waals surface area contributed by atoms with Crippen LogP contribution in [-0.4, -0.2) is 35.1 Å². The Balaban J connectivity index is 1.53. The zero-order valence-electron chi connectivity index (χ0n) is 17.1. The summed E-state index contributed by atoms with van der Waals surface area (Å²) < 4.78 is 5.59. The zero-order chi connectivity index (χ0) is 21.0. The van der Waals surface area contributed by atoms with Crippen molar-refractivity contribution >= 4 is 16.9 Å². The molecule has 0 bridgehead atoms. The van der Waals surface area contributed by atoms with Crippen LogP contribution in [0.4, 0.5) is 0 Å². The van der Waals surface area contributed by atoms with Gasteiger partial charge in [0, 0.05) is 29.8 Å². The quantitative estimate of drug-likeness (QED) is 0.511. The minimum atomic E-state index is -0.118. The number of ether oxygens (including phenoxy) is 1. The molecular formula is C26H23N3O2. The Kier molecular flexibility index (Phi) is 5.42. The highest BCUT2D eigenvalue weighted by Gasteiger charge is 2.18. The first kappa shape index (κ1) is 19.4. The molecule has 1 N–H and O–H groups in total. The van der Waals surface area contributed by atoms with E-state index in [0.29, 0.717) is 17.6 Å². The van der Waals surface area contributed by atoms with Crippen LogP contribution in [0.5, 0.6) is 0 Å². The predicted molar refractivity (Wildman–Crippen MR) is 122 cm³/mol. The standard InChI is InChI=1S/C26H23N3O2/c30-26(27-17-21-12-7-15-31-21)20-13-14-22-23(16-20)29-25(19-10-5-2-6-11-19)24(28-22)18-8-3-1-4-9-18/h1-6,8-11,13-14,16,21H,7,12,15,17H2,(H,27,30)/t21-/m1/s1. The fraction of sp³-hybridized carbons (Fsp3) is 0.192. The lowest BCUT2D eigenvalue weighted by Crippen LogP contribution is -2.31. The number of carbonyl (C=O) groups is 1. The van der Waals surface area contributed by atoms with E-state index in [9.17, 15) is 4.79 Å². The Bertz CT molecular complexity index is 1200. The maximum absolute atomic E-state index is 12.7. The van der Waals surface area contributed by atoms with Crippen LogP contribution in [0.3, 0.4) is 0 Å². The lowest BCUT2D eigenvalue weighted by Gasteiger charge is -2.12. The van der Waals surface area contributed by atoms with Crippen LogP contribution in [0.2, 0.25) is 0 Å². The van der Waals surface area contributed by atoms with Gasteiger partial charge in [-0.2, -0.15) is 0 Å².